The van der Waals surface area contributed by atoms with Crippen LogP contribution < -0.4 is 0 Å². The van der Waals surface area contributed by atoms with E-state index in [0.29, 0.717) is 0 Å². The minimum absolute atomic E-state index is 0. The Morgan fingerprint density at radius 1 is 0.543 bits per heavy atom. The number of hydrogen-bond acceptors (Lipinski definition) is 4. The van der Waals surface area contributed by atoms with Gasteiger partial charge >= 0.3 is 0 Å². The molecule has 0 atom stereocenters. The molecule has 0 radical (unpaired) electrons. The molecule has 0 unspecified atom stereocenters. The van der Waals surface area contributed by atoms with E-state index >= 15 is 0 Å². The van der Waals surface area contributed by atoms with Crippen molar-refractivity contribution in [1.29, 1.82) is 0 Å². The van der Waals surface area contributed by atoms with Crippen LogP contribution in [0.1, 0.15) is 126 Å². The van der Waals surface area contributed by atoms with Crippen molar-refractivity contribution in [2.75, 3.05) is 0 Å². The number of nitrogens with zero attached hydrogens (tertiary/aromatic N) is 6. The lowest BCUT2D eigenvalue weighted by atomic mass is 10.1. The second-order valence-electron chi connectivity index (χ2n) is 11.5. The summed E-state index contributed by atoms with van der Waals surface area (Å²) in [4.78, 5) is 0. The minimum atomic E-state index is 0. The van der Waals surface area contributed by atoms with Gasteiger partial charge in [-0.05, 0) is 75.0 Å². The number of aryl methyl sites for hydroxylation is 4. The van der Waals surface area contributed by atoms with Crippen LogP contribution in [0.25, 0.3) is 0 Å². The van der Waals surface area contributed by atoms with Gasteiger partial charge in [0.15, 0.2) is 0 Å². The van der Waals surface area contributed by atoms with E-state index in [0.717, 1.165) is 49.6 Å². The average Bonchev–Trinajstić information content (AvgIpc) is 3.37. The molecule has 0 saturated carbocycles. The Bertz CT molecular complexity index is 610. The fraction of sp³-hybridized carbons (Fsp3) is 0.862. The van der Waals surface area contributed by atoms with Crippen molar-refractivity contribution in [3.05, 3.63) is 23.8 Å². The number of rotatable bonds is 16. The minimum Gasteiger partial charge on any atom is -0.249 e. The summed E-state index contributed by atoms with van der Waals surface area (Å²) in [6.45, 7) is 20.2. The van der Waals surface area contributed by atoms with E-state index in [4.69, 9.17) is 0 Å². The molecule has 0 aliphatic heterocycles. The van der Waals surface area contributed by atoms with Gasteiger partial charge in [-0.1, -0.05) is 86.1 Å². The normalized spacial score (nSPS) is 11.3. The predicted octanol–water partition coefficient (Wildman–Crippen LogP) is 8.02. The predicted molar refractivity (Wildman–Crippen MR) is 150 cm³/mol. The molecule has 2 rings (SSSR count). The van der Waals surface area contributed by atoms with Gasteiger partial charge in [0.1, 0.15) is 0 Å². The van der Waals surface area contributed by atoms with Crippen LogP contribution in [-0.4, -0.2) is 30.0 Å². The Morgan fingerprint density at radius 2 is 0.857 bits per heavy atom. The van der Waals surface area contributed by atoms with E-state index in [1.165, 1.54) is 62.8 Å². The Kier molecular flexibility index (Phi) is 18.5. The summed E-state index contributed by atoms with van der Waals surface area (Å²) >= 11 is 0. The van der Waals surface area contributed by atoms with Crippen molar-refractivity contribution in [2.45, 2.75) is 140 Å². The zero-order chi connectivity index (χ0) is 25.3. The molecule has 0 aliphatic carbocycles. The fourth-order valence-electron chi connectivity index (χ4n) is 4.00. The molecular weight excluding hydrogens is 432 g/mol. The van der Waals surface area contributed by atoms with E-state index < -0.39 is 0 Å². The molecule has 6 nitrogen and oxygen atoms in total. The second-order valence-corrected chi connectivity index (χ2v) is 11.5. The van der Waals surface area contributed by atoms with Gasteiger partial charge in [-0.3, -0.25) is 0 Å². The van der Waals surface area contributed by atoms with Gasteiger partial charge in [0.2, 0.25) is 0 Å². The first-order chi connectivity index (χ1) is 16.2. The summed E-state index contributed by atoms with van der Waals surface area (Å²) in [6, 6.07) is 0. The molecule has 0 spiro atoms. The van der Waals surface area contributed by atoms with Gasteiger partial charge in [0.25, 0.3) is 0 Å². The highest BCUT2D eigenvalue weighted by Crippen LogP contribution is 2.12. The first kappa shape index (κ1) is 33.3. The lowest BCUT2D eigenvalue weighted by Gasteiger charge is -2.08. The molecule has 2 aromatic rings. The van der Waals surface area contributed by atoms with Crippen molar-refractivity contribution < 1.29 is 0 Å². The van der Waals surface area contributed by atoms with Crippen molar-refractivity contribution >= 4 is 0 Å². The summed E-state index contributed by atoms with van der Waals surface area (Å²) in [5.41, 5.74) is 2.60. The van der Waals surface area contributed by atoms with Crippen molar-refractivity contribution in [1.82, 2.24) is 30.0 Å². The Labute approximate surface area is 217 Å². The van der Waals surface area contributed by atoms with Crippen LogP contribution in [0.2, 0.25) is 0 Å². The largest absolute Gasteiger partial charge is 0.249 e. The Balaban J connectivity index is 0.000000642. The molecule has 0 saturated heterocycles. The van der Waals surface area contributed by atoms with Crippen LogP contribution in [-0.2, 0) is 25.9 Å². The summed E-state index contributed by atoms with van der Waals surface area (Å²) in [7, 11) is 0. The third-order valence-corrected chi connectivity index (χ3v) is 6.13. The third-order valence-electron chi connectivity index (χ3n) is 6.13. The molecule has 0 N–H and O–H groups in total. The van der Waals surface area contributed by atoms with Crippen molar-refractivity contribution in [2.24, 2.45) is 23.7 Å². The SMILES string of the molecule is C.CC(C)CCCc1cnnn1CCCC(C)C.CC(C)CCCc1cnnn1CCCC(C)C. The monoisotopic (exact) mass is 490 g/mol. The maximum Gasteiger partial charge on any atom is 0.0725 e. The second kappa shape index (κ2) is 19.5. The van der Waals surface area contributed by atoms with E-state index in [-0.39, 0.29) is 7.43 Å². The summed E-state index contributed by atoms with van der Waals surface area (Å²) < 4.78 is 4.17. The zero-order valence-corrected chi connectivity index (χ0v) is 23.6. The highest BCUT2D eigenvalue weighted by atomic mass is 15.4. The smallest absolute Gasteiger partial charge is 0.0725 e. The van der Waals surface area contributed by atoms with E-state index in [1.54, 1.807) is 0 Å². The number of hydrogen-bond donors (Lipinski definition) is 0. The molecular formula is C29H58N6. The number of aromatic nitrogens is 6. The molecule has 0 aromatic carbocycles. The summed E-state index contributed by atoms with van der Waals surface area (Å²) in [6.07, 6.45) is 16.1. The van der Waals surface area contributed by atoms with Crippen LogP contribution in [0.5, 0.6) is 0 Å². The summed E-state index contributed by atoms with van der Waals surface area (Å²) in [5.74, 6) is 3.14. The molecule has 2 aromatic heterocycles. The first-order valence-electron chi connectivity index (χ1n) is 13.9. The van der Waals surface area contributed by atoms with Crippen LogP contribution in [0.4, 0.5) is 0 Å². The molecule has 204 valence electrons. The maximum atomic E-state index is 4.18. The zero-order valence-electron chi connectivity index (χ0n) is 23.6. The third kappa shape index (κ3) is 16.6. The van der Waals surface area contributed by atoms with Gasteiger partial charge in [-0.2, -0.15) is 0 Å². The van der Waals surface area contributed by atoms with Gasteiger partial charge in [0, 0.05) is 13.1 Å². The standard InChI is InChI=1S/2C14H27N3.CH4/c2*1-12(2)7-5-9-14-11-15-16-17(14)10-6-8-13(3)4;/h2*11-13H,5-10H2,1-4H3;1H4. The van der Waals surface area contributed by atoms with Crippen LogP contribution in [0, 0.1) is 23.7 Å². The van der Waals surface area contributed by atoms with Crippen molar-refractivity contribution in [3.63, 3.8) is 0 Å². The van der Waals surface area contributed by atoms with Gasteiger partial charge < -0.3 is 0 Å². The van der Waals surface area contributed by atoms with Gasteiger partial charge in [-0.15, -0.1) is 10.2 Å². The fourth-order valence-corrected chi connectivity index (χ4v) is 4.00. The van der Waals surface area contributed by atoms with Gasteiger partial charge in [-0.25, -0.2) is 9.36 Å². The van der Waals surface area contributed by atoms with Crippen LogP contribution in [0.15, 0.2) is 12.4 Å². The molecule has 0 fully saturated rings. The molecule has 0 bridgehead atoms. The van der Waals surface area contributed by atoms with E-state index in [2.05, 4.69) is 85.4 Å². The molecule has 0 amide bonds. The molecule has 6 heteroatoms. The van der Waals surface area contributed by atoms with Crippen molar-refractivity contribution in [3.8, 4) is 0 Å². The molecule has 35 heavy (non-hydrogen) atoms. The van der Waals surface area contributed by atoms with Crippen LogP contribution in [0.3, 0.4) is 0 Å². The molecule has 0 aliphatic rings. The quantitative estimate of drug-likeness (QED) is 0.239. The Morgan fingerprint density at radius 3 is 1.17 bits per heavy atom. The lowest BCUT2D eigenvalue weighted by molar-refractivity contribution is 0.466. The first-order valence-corrected chi connectivity index (χ1v) is 13.9. The van der Waals surface area contributed by atoms with Gasteiger partial charge in [0.05, 0.1) is 23.8 Å². The summed E-state index contributed by atoms with van der Waals surface area (Å²) in [5, 5.41) is 16.4. The Hall–Kier alpha value is -1.72. The lowest BCUT2D eigenvalue weighted by Crippen LogP contribution is -2.06. The maximum absolute atomic E-state index is 4.18. The van der Waals surface area contributed by atoms with Crippen LogP contribution >= 0.6 is 0 Å². The highest BCUT2D eigenvalue weighted by Gasteiger charge is 2.06. The topological polar surface area (TPSA) is 61.4 Å². The molecule has 2 heterocycles. The highest BCUT2D eigenvalue weighted by molar-refractivity contribution is 4.94. The average molecular weight is 491 g/mol. The van der Waals surface area contributed by atoms with E-state index in [9.17, 15) is 0 Å². The van der Waals surface area contributed by atoms with E-state index in [1.807, 2.05) is 12.4 Å².